The summed E-state index contributed by atoms with van der Waals surface area (Å²) in [4.78, 5) is 2.63. The second-order valence-corrected chi connectivity index (χ2v) is 8.02. The molecule has 2 aliphatic rings. The summed E-state index contributed by atoms with van der Waals surface area (Å²) in [6, 6.07) is 20.9. The molecular weight excluding hydrogens is 318 g/mol. The van der Waals surface area contributed by atoms with Crippen molar-refractivity contribution in [3.63, 3.8) is 0 Å². The molecule has 2 aromatic carbocycles. The summed E-state index contributed by atoms with van der Waals surface area (Å²) in [5.74, 6) is 0.598. The number of nitrogens with zero attached hydrogens (tertiary/aromatic N) is 1. The van der Waals surface area contributed by atoms with E-state index in [4.69, 9.17) is 4.74 Å². The molecule has 0 spiro atoms. The average Bonchev–Trinajstić information content (AvgIpc) is 2.64. The molecule has 0 amide bonds. The number of hydrogen-bond donors (Lipinski definition) is 0. The first-order valence-electron chi connectivity index (χ1n) is 9.85. The normalized spacial score (nSPS) is 23.1. The van der Waals surface area contributed by atoms with Crippen LogP contribution in [0.3, 0.4) is 0 Å². The summed E-state index contributed by atoms with van der Waals surface area (Å²) in [6.45, 7) is 7.20. The van der Waals surface area contributed by atoms with Gasteiger partial charge in [-0.25, -0.2) is 0 Å². The standard InChI is InChI=1S/C24H29NO/c1-18(2)22-10-8-19(9-11-22)12-21-13-23-16-26-17-24(14-21)25(23)15-20-6-4-3-5-7-20/h3-11,13,18,23-24H,12,14-17H2,1-2H3. The highest BCUT2D eigenvalue weighted by Crippen LogP contribution is 2.30. The van der Waals surface area contributed by atoms with E-state index in [-0.39, 0.29) is 0 Å². The first-order valence-corrected chi connectivity index (χ1v) is 9.85. The van der Waals surface area contributed by atoms with E-state index in [1.165, 1.54) is 16.7 Å². The summed E-state index contributed by atoms with van der Waals surface area (Å²) in [5, 5.41) is 0. The van der Waals surface area contributed by atoms with Crippen LogP contribution in [0.25, 0.3) is 0 Å². The third-order valence-electron chi connectivity index (χ3n) is 5.71. The monoisotopic (exact) mass is 347 g/mol. The van der Waals surface area contributed by atoms with Gasteiger partial charge < -0.3 is 4.74 Å². The van der Waals surface area contributed by atoms with Crippen LogP contribution in [0.4, 0.5) is 0 Å². The Bertz CT molecular complexity index is 748. The Labute approximate surface area is 157 Å². The van der Waals surface area contributed by atoms with Crippen LogP contribution in [0, 0.1) is 0 Å². The molecule has 2 unspecified atom stereocenters. The second kappa shape index (κ2) is 7.77. The van der Waals surface area contributed by atoms with E-state index < -0.39 is 0 Å². The number of morpholine rings is 1. The van der Waals surface area contributed by atoms with Crippen molar-refractivity contribution in [1.82, 2.24) is 4.90 Å². The van der Waals surface area contributed by atoms with Gasteiger partial charge in [0.1, 0.15) is 0 Å². The predicted octanol–water partition coefficient (Wildman–Crippen LogP) is 4.95. The van der Waals surface area contributed by atoms with Gasteiger partial charge in [-0.15, -0.1) is 0 Å². The molecule has 0 aromatic heterocycles. The van der Waals surface area contributed by atoms with Gasteiger partial charge in [0, 0.05) is 12.6 Å². The average molecular weight is 348 g/mol. The Kier molecular flexibility index (Phi) is 5.23. The van der Waals surface area contributed by atoms with Crippen molar-refractivity contribution in [2.24, 2.45) is 0 Å². The summed E-state index contributed by atoms with van der Waals surface area (Å²) in [7, 11) is 0. The Morgan fingerprint density at radius 1 is 0.962 bits per heavy atom. The van der Waals surface area contributed by atoms with Gasteiger partial charge in [-0.1, -0.05) is 80.1 Å². The van der Waals surface area contributed by atoms with Gasteiger partial charge in [0.2, 0.25) is 0 Å². The quantitative estimate of drug-likeness (QED) is 0.710. The summed E-state index contributed by atoms with van der Waals surface area (Å²) >= 11 is 0. The van der Waals surface area contributed by atoms with Gasteiger partial charge in [0.15, 0.2) is 0 Å². The molecule has 2 aliphatic heterocycles. The molecule has 0 aliphatic carbocycles. The molecule has 0 saturated carbocycles. The number of ether oxygens (including phenoxy) is 1. The third-order valence-corrected chi connectivity index (χ3v) is 5.71. The van der Waals surface area contributed by atoms with Crippen LogP contribution < -0.4 is 0 Å². The van der Waals surface area contributed by atoms with Crippen LogP contribution in [0.15, 0.2) is 66.2 Å². The van der Waals surface area contributed by atoms with Crippen molar-refractivity contribution in [2.75, 3.05) is 13.2 Å². The highest BCUT2D eigenvalue weighted by molar-refractivity contribution is 5.30. The minimum absolute atomic E-state index is 0.410. The number of benzene rings is 2. The molecule has 2 heterocycles. The van der Waals surface area contributed by atoms with Crippen molar-refractivity contribution in [3.8, 4) is 0 Å². The van der Waals surface area contributed by atoms with Gasteiger partial charge >= 0.3 is 0 Å². The number of rotatable bonds is 5. The summed E-state index contributed by atoms with van der Waals surface area (Å²) in [6.07, 6.45) is 4.66. The fourth-order valence-electron chi connectivity index (χ4n) is 4.20. The number of fused-ring (bicyclic) bond motifs is 2. The van der Waals surface area contributed by atoms with Gasteiger partial charge in [0.05, 0.1) is 19.3 Å². The molecule has 1 fully saturated rings. The fourth-order valence-corrected chi connectivity index (χ4v) is 4.20. The molecule has 2 heteroatoms. The molecule has 2 aromatic rings. The lowest BCUT2D eigenvalue weighted by atomic mass is 9.89. The minimum Gasteiger partial charge on any atom is -0.378 e. The maximum Gasteiger partial charge on any atom is 0.0658 e. The van der Waals surface area contributed by atoms with Crippen LogP contribution >= 0.6 is 0 Å². The van der Waals surface area contributed by atoms with Crippen molar-refractivity contribution >= 4 is 0 Å². The third kappa shape index (κ3) is 3.92. The molecule has 136 valence electrons. The van der Waals surface area contributed by atoms with E-state index in [2.05, 4.69) is 79.4 Å². The highest BCUT2D eigenvalue weighted by atomic mass is 16.5. The minimum atomic E-state index is 0.410. The largest absolute Gasteiger partial charge is 0.378 e. The molecule has 26 heavy (non-hydrogen) atoms. The number of hydrogen-bond acceptors (Lipinski definition) is 2. The van der Waals surface area contributed by atoms with Crippen molar-refractivity contribution in [2.45, 2.75) is 51.2 Å². The Morgan fingerprint density at radius 2 is 1.73 bits per heavy atom. The lowest BCUT2D eigenvalue weighted by molar-refractivity contribution is -0.0440. The second-order valence-electron chi connectivity index (χ2n) is 8.02. The molecule has 2 bridgehead atoms. The maximum absolute atomic E-state index is 5.86. The zero-order chi connectivity index (χ0) is 17.9. The van der Waals surface area contributed by atoms with E-state index >= 15 is 0 Å². The summed E-state index contributed by atoms with van der Waals surface area (Å²) < 4.78 is 5.86. The lowest BCUT2D eigenvalue weighted by Crippen LogP contribution is -2.53. The van der Waals surface area contributed by atoms with E-state index in [0.29, 0.717) is 18.0 Å². The Morgan fingerprint density at radius 3 is 2.42 bits per heavy atom. The van der Waals surface area contributed by atoms with Crippen LogP contribution in [0.1, 0.15) is 42.9 Å². The van der Waals surface area contributed by atoms with Crippen molar-refractivity contribution in [1.29, 1.82) is 0 Å². The maximum atomic E-state index is 5.86. The van der Waals surface area contributed by atoms with Crippen LogP contribution in [-0.4, -0.2) is 30.2 Å². The fraction of sp³-hybridized carbons (Fsp3) is 0.417. The molecule has 2 nitrogen and oxygen atoms in total. The molecule has 1 saturated heterocycles. The Hall–Kier alpha value is -1.90. The predicted molar refractivity (Wildman–Crippen MR) is 107 cm³/mol. The molecule has 4 rings (SSSR count). The molecule has 2 atom stereocenters. The highest BCUT2D eigenvalue weighted by Gasteiger charge is 2.34. The zero-order valence-corrected chi connectivity index (χ0v) is 15.9. The van der Waals surface area contributed by atoms with Gasteiger partial charge in [0.25, 0.3) is 0 Å². The van der Waals surface area contributed by atoms with Crippen molar-refractivity contribution < 1.29 is 4.74 Å². The lowest BCUT2D eigenvalue weighted by Gasteiger charge is -2.45. The smallest absolute Gasteiger partial charge is 0.0658 e. The van der Waals surface area contributed by atoms with Crippen LogP contribution in [0.5, 0.6) is 0 Å². The first-order chi connectivity index (χ1) is 12.7. The van der Waals surface area contributed by atoms with Crippen LogP contribution in [-0.2, 0) is 17.7 Å². The zero-order valence-electron chi connectivity index (χ0n) is 15.9. The SMILES string of the molecule is CC(C)c1ccc(CC2=CC3COCC(C2)N3Cc2ccccc2)cc1. The summed E-state index contributed by atoms with van der Waals surface area (Å²) in [5.41, 5.74) is 5.82. The van der Waals surface area contributed by atoms with E-state index in [9.17, 15) is 0 Å². The van der Waals surface area contributed by atoms with E-state index in [1.54, 1.807) is 5.57 Å². The van der Waals surface area contributed by atoms with Gasteiger partial charge in [-0.05, 0) is 35.4 Å². The molecular formula is C24H29NO. The van der Waals surface area contributed by atoms with Gasteiger partial charge in [-0.3, -0.25) is 4.90 Å². The van der Waals surface area contributed by atoms with Gasteiger partial charge in [-0.2, -0.15) is 0 Å². The van der Waals surface area contributed by atoms with Crippen molar-refractivity contribution in [3.05, 3.63) is 82.9 Å². The topological polar surface area (TPSA) is 12.5 Å². The van der Waals surface area contributed by atoms with E-state index in [1.807, 2.05) is 0 Å². The first kappa shape index (κ1) is 17.5. The molecule has 0 radical (unpaired) electrons. The Balaban J connectivity index is 1.47. The van der Waals surface area contributed by atoms with Crippen LogP contribution in [0.2, 0.25) is 0 Å². The van der Waals surface area contributed by atoms with E-state index in [0.717, 1.165) is 32.6 Å². The molecule has 0 N–H and O–H groups in total.